The molecule has 2 amide bonds. The van der Waals surface area contributed by atoms with E-state index in [9.17, 15) is 14.0 Å². The van der Waals surface area contributed by atoms with Gasteiger partial charge in [-0.3, -0.25) is 9.59 Å². The monoisotopic (exact) mass is 432 g/mol. The van der Waals surface area contributed by atoms with Crippen LogP contribution in [0.2, 0.25) is 0 Å². The molecule has 0 bridgehead atoms. The van der Waals surface area contributed by atoms with Crippen LogP contribution >= 0.6 is 0 Å². The van der Waals surface area contributed by atoms with Crippen LogP contribution in [0.25, 0.3) is 0 Å². The van der Waals surface area contributed by atoms with Crippen LogP contribution in [0.1, 0.15) is 30.0 Å². The van der Waals surface area contributed by atoms with Gasteiger partial charge >= 0.3 is 0 Å². The van der Waals surface area contributed by atoms with Crippen LogP contribution in [0.5, 0.6) is 0 Å². The molecule has 0 aliphatic carbocycles. The number of nitrogens with one attached hydrogen (secondary N) is 1. The van der Waals surface area contributed by atoms with Gasteiger partial charge in [-0.1, -0.05) is 85.8 Å². The van der Waals surface area contributed by atoms with Crippen molar-refractivity contribution >= 4 is 11.8 Å². The van der Waals surface area contributed by atoms with Crippen LogP contribution in [-0.4, -0.2) is 29.3 Å². The number of hydrogen-bond donors (Lipinski definition) is 1. The van der Waals surface area contributed by atoms with Crippen molar-refractivity contribution in [3.63, 3.8) is 0 Å². The molecule has 32 heavy (non-hydrogen) atoms. The molecule has 0 aliphatic rings. The van der Waals surface area contributed by atoms with Gasteiger partial charge in [0.15, 0.2) is 0 Å². The molecule has 0 heterocycles. The summed E-state index contributed by atoms with van der Waals surface area (Å²) in [7, 11) is 0. The third-order valence-electron chi connectivity index (χ3n) is 5.32. The molecular weight excluding hydrogens is 403 g/mol. The van der Waals surface area contributed by atoms with Crippen LogP contribution in [0, 0.1) is 5.82 Å². The Hall–Kier alpha value is -3.47. The van der Waals surface area contributed by atoms with Crippen molar-refractivity contribution in [1.29, 1.82) is 0 Å². The standard InChI is InChI=1S/C27H29FN2O2/c1-2-17-29-27(32)25(18-21-11-5-3-6-12-21)30(20-23-15-9-10-16-24(23)28)26(31)19-22-13-7-4-8-14-22/h3-16,25H,2,17-20H2,1H3,(H,29,32). The highest BCUT2D eigenvalue weighted by Gasteiger charge is 2.30. The Bertz CT molecular complexity index is 1010. The van der Waals surface area contributed by atoms with Crippen molar-refractivity contribution < 1.29 is 14.0 Å². The van der Waals surface area contributed by atoms with Gasteiger partial charge in [0.2, 0.25) is 11.8 Å². The summed E-state index contributed by atoms with van der Waals surface area (Å²) in [5, 5.41) is 2.93. The lowest BCUT2D eigenvalue weighted by molar-refractivity contribution is -0.140. The van der Waals surface area contributed by atoms with Crippen LogP contribution in [0.15, 0.2) is 84.9 Å². The fraction of sp³-hybridized carbons (Fsp3) is 0.259. The van der Waals surface area contributed by atoms with Gasteiger partial charge < -0.3 is 10.2 Å². The fourth-order valence-corrected chi connectivity index (χ4v) is 3.60. The number of nitrogens with zero attached hydrogens (tertiary/aromatic N) is 1. The Balaban J connectivity index is 1.95. The number of carbonyl (C=O) groups is 2. The van der Waals surface area contributed by atoms with E-state index in [1.54, 1.807) is 18.2 Å². The highest BCUT2D eigenvalue weighted by Crippen LogP contribution is 2.18. The first-order valence-electron chi connectivity index (χ1n) is 11.0. The van der Waals surface area contributed by atoms with Crippen LogP contribution in [-0.2, 0) is 29.0 Å². The zero-order valence-electron chi connectivity index (χ0n) is 18.3. The molecular formula is C27H29FN2O2. The lowest BCUT2D eigenvalue weighted by Gasteiger charge is -2.31. The number of benzene rings is 3. The molecule has 0 saturated heterocycles. The Labute approximate surface area is 189 Å². The first-order chi connectivity index (χ1) is 15.6. The van der Waals surface area contributed by atoms with Crippen molar-refractivity contribution in [2.75, 3.05) is 6.54 Å². The van der Waals surface area contributed by atoms with E-state index in [0.717, 1.165) is 17.5 Å². The van der Waals surface area contributed by atoms with Crippen molar-refractivity contribution in [3.8, 4) is 0 Å². The van der Waals surface area contributed by atoms with Gasteiger partial charge in [-0.05, 0) is 23.6 Å². The van der Waals surface area contributed by atoms with Gasteiger partial charge in [-0.25, -0.2) is 4.39 Å². The van der Waals surface area contributed by atoms with Crippen molar-refractivity contribution in [3.05, 3.63) is 107 Å². The van der Waals surface area contributed by atoms with E-state index in [-0.39, 0.29) is 24.8 Å². The largest absolute Gasteiger partial charge is 0.354 e. The summed E-state index contributed by atoms with van der Waals surface area (Å²) in [6.07, 6.45) is 1.28. The van der Waals surface area contributed by atoms with E-state index < -0.39 is 11.9 Å². The molecule has 1 N–H and O–H groups in total. The normalized spacial score (nSPS) is 11.6. The van der Waals surface area contributed by atoms with Gasteiger partial charge in [0.25, 0.3) is 0 Å². The summed E-state index contributed by atoms with van der Waals surface area (Å²) in [6.45, 7) is 2.52. The highest BCUT2D eigenvalue weighted by atomic mass is 19.1. The van der Waals surface area contributed by atoms with Crippen molar-refractivity contribution in [2.24, 2.45) is 0 Å². The van der Waals surface area contributed by atoms with Gasteiger partial charge in [-0.2, -0.15) is 0 Å². The molecule has 1 unspecified atom stereocenters. The maximum absolute atomic E-state index is 14.5. The van der Waals surface area contributed by atoms with E-state index in [4.69, 9.17) is 0 Å². The molecule has 0 aliphatic heterocycles. The summed E-state index contributed by atoms with van der Waals surface area (Å²) in [5.41, 5.74) is 2.17. The van der Waals surface area contributed by atoms with Crippen LogP contribution in [0.4, 0.5) is 4.39 Å². The number of carbonyl (C=O) groups excluding carboxylic acids is 2. The minimum absolute atomic E-state index is 0.0232. The predicted octanol–water partition coefficient (Wildman–Crippen LogP) is 4.53. The molecule has 4 nitrogen and oxygen atoms in total. The highest BCUT2D eigenvalue weighted by molar-refractivity contribution is 5.88. The minimum atomic E-state index is -0.750. The molecule has 0 spiro atoms. The van der Waals surface area contributed by atoms with Gasteiger partial charge in [0.1, 0.15) is 11.9 Å². The zero-order chi connectivity index (χ0) is 22.8. The lowest BCUT2D eigenvalue weighted by Crippen LogP contribution is -2.51. The second kappa shape index (κ2) is 11.8. The molecule has 3 aromatic rings. The third kappa shape index (κ3) is 6.51. The summed E-state index contributed by atoms with van der Waals surface area (Å²) in [6, 6.07) is 24.6. The Morgan fingerprint density at radius 3 is 2.09 bits per heavy atom. The molecule has 3 rings (SSSR count). The molecule has 5 heteroatoms. The molecule has 0 aromatic heterocycles. The quantitative estimate of drug-likeness (QED) is 0.512. The third-order valence-corrected chi connectivity index (χ3v) is 5.32. The lowest BCUT2D eigenvalue weighted by atomic mass is 10.0. The summed E-state index contributed by atoms with van der Waals surface area (Å²) < 4.78 is 14.5. The Morgan fingerprint density at radius 1 is 0.875 bits per heavy atom. The van der Waals surface area contributed by atoms with E-state index in [2.05, 4.69) is 5.32 Å². The van der Waals surface area contributed by atoms with E-state index in [1.165, 1.54) is 11.0 Å². The zero-order valence-corrected chi connectivity index (χ0v) is 18.3. The van der Waals surface area contributed by atoms with Gasteiger partial charge in [0, 0.05) is 25.1 Å². The minimum Gasteiger partial charge on any atom is -0.354 e. The molecule has 0 saturated carbocycles. The SMILES string of the molecule is CCCNC(=O)C(Cc1ccccc1)N(Cc1ccccc1F)C(=O)Cc1ccccc1. The van der Waals surface area contributed by atoms with Crippen LogP contribution in [0.3, 0.4) is 0 Å². The molecule has 0 radical (unpaired) electrons. The van der Waals surface area contributed by atoms with E-state index >= 15 is 0 Å². The summed E-state index contributed by atoms with van der Waals surface area (Å²) >= 11 is 0. The van der Waals surface area contributed by atoms with Crippen LogP contribution < -0.4 is 5.32 Å². The Morgan fingerprint density at radius 2 is 1.47 bits per heavy atom. The van der Waals surface area contributed by atoms with E-state index in [0.29, 0.717) is 18.5 Å². The average molecular weight is 433 g/mol. The number of halogens is 1. The predicted molar refractivity (Wildman–Crippen MR) is 124 cm³/mol. The summed E-state index contributed by atoms with van der Waals surface area (Å²) in [5.74, 6) is -0.835. The molecule has 0 fully saturated rings. The molecule has 1 atom stereocenters. The topological polar surface area (TPSA) is 49.4 Å². The van der Waals surface area contributed by atoms with Gasteiger partial charge in [-0.15, -0.1) is 0 Å². The average Bonchev–Trinajstić information content (AvgIpc) is 2.82. The number of amides is 2. The first kappa shape index (κ1) is 23.2. The maximum atomic E-state index is 14.5. The Kier molecular flexibility index (Phi) is 8.55. The summed E-state index contributed by atoms with van der Waals surface area (Å²) in [4.78, 5) is 28.2. The number of hydrogen-bond acceptors (Lipinski definition) is 2. The molecule has 3 aromatic carbocycles. The number of rotatable bonds is 10. The maximum Gasteiger partial charge on any atom is 0.243 e. The van der Waals surface area contributed by atoms with Crippen molar-refractivity contribution in [1.82, 2.24) is 10.2 Å². The first-order valence-corrected chi connectivity index (χ1v) is 11.0. The van der Waals surface area contributed by atoms with Crippen molar-refractivity contribution in [2.45, 2.75) is 38.8 Å². The smallest absolute Gasteiger partial charge is 0.243 e. The fourth-order valence-electron chi connectivity index (χ4n) is 3.60. The van der Waals surface area contributed by atoms with Gasteiger partial charge in [0.05, 0.1) is 6.42 Å². The second-order valence-corrected chi connectivity index (χ2v) is 7.77. The molecule has 166 valence electrons. The van der Waals surface area contributed by atoms with E-state index in [1.807, 2.05) is 67.6 Å². The second-order valence-electron chi connectivity index (χ2n) is 7.77.